The second-order valence-corrected chi connectivity index (χ2v) is 3.50. The molecule has 1 aromatic rings. The number of nitrogens with one attached hydrogen (secondary N) is 1. The zero-order valence-electron chi connectivity index (χ0n) is 8.66. The lowest BCUT2D eigenvalue weighted by atomic mass is 10.2. The van der Waals surface area contributed by atoms with Crippen LogP contribution in [0.5, 0.6) is 0 Å². The van der Waals surface area contributed by atoms with Crippen LogP contribution in [0.4, 0.5) is 0 Å². The minimum Gasteiger partial charge on any atom is -0.329 e. The number of pyridine rings is 1. The van der Waals surface area contributed by atoms with Crippen LogP contribution >= 0.6 is 0 Å². The highest BCUT2D eigenvalue weighted by Gasteiger charge is 1.99. The molecule has 0 aliphatic heterocycles. The first-order valence-corrected chi connectivity index (χ1v) is 4.72. The molecular weight excluding hydrogens is 178 g/mol. The van der Waals surface area contributed by atoms with Gasteiger partial charge in [0.25, 0.3) is 5.56 Å². The molecule has 78 valence electrons. The normalized spacial score (nSPS) is 12.8. The van der Waals surface area contributed by atoms with Gasteiger partial charge in [0.2, 0.25) is 0 Å². The summed E-state index contributed by atoms with van der Waals surface area (Å²) in [6.45, 7) is 3.31. The van der Waals surface area contributed by atoms with Gasteiger partial charge in [0.15, 0.2) is 0 Å². The minimum atomic E-state index is 0.0182. The molecule has 0 saturated heterocycles. The van der Waals surface area contributed by atoms with Gasteiger partial charge in [-0.3, -0.25) is 4.79 Å². The van der Waals surface area contributed by atoms with E-state index < -0.39 is 0 Å². The Morgan fingerprint density at radius 3 is 2.93 bits per heavy atom. The van der Waals surface area contributed by atoms with Crippen LogP contribution in [0, 0.1) is 0 Å². The van der Waals surface area contributed by atoms with Crippen molar-refractivity contribution < 1.29 is 0 Å². The van der Waals surface area contributed by atoms with E-state index in [1.807, 2.05) is 13.0 Å². The molecule has 14 heavy (non-hydrogen) atoms. The molecule has 3 N–H and O–H groups in total. The molecule has 1 aromatic heterocycles. The van der Waals surface area contributed by atoms with E-state index in [1.165, 1.54) is 0 Å². The molecule has 1 heterocycles. The highest BCUT2D eigenvalue weighted by molar-refractivity contribution is 5.10. The van der Waals surface area contributed by atoms with Gasteiger partial charge in [-0.15, -0.1) is 0 Å². The average molecular weight is 195 g/mol. The highest BCUT2D eigenvalue weighted by Crippen LogP contribution is 1.93. The van der Waals surface area contributed by atoms with E-state index in [0.717, 1.165) is 5.56 Å². The summed E-state index contributed by atoms with van der Waals surface area (Å²) in [5.74, 6) is 0. The van der Waals surface area contributed by atoms with Crippen LogP contribution in [-0.2, 0) is 13.6 Å². The van der Waals surface area contributed by atoms with Gasteiger partial charge < -0.3 is 15.6 Å². The van der Waals surface area contributed by atoms with E-state index in [4.69, 9.17) is 5.73 Å². The van der Waals surface area contributed by atoms with Gasteiger partial charge in [-0.25, -0.2) is 0 Å². The lowest BCUT2D eigenvalue weighted by Crippen LogP contribution is -2.33. The molecule has 4 nitrogen and oxygen atoms in total. The van der Waals surface area contributed by atoms with Gasteiger partial charge in [-0.05, 0) is 18.6 Å². The first kappa shape index (κ1) is 10.9. The van der Waals surface area contributed by atoms with Crippen molar-refractivity contribution in [1.29, 1.82) is 0 Å². The smallest absolute Gasteiger partial charge is 0.250 e. The average Bonchev–Trinajstić information content (AvgIpc) is 2.19. The largest absolute Gasteiger partial charge is 0.329 e. The van der Waals surface area contributed by atoms with Crippen LogP contribution in [-0.4, -0.2) is 17.2 Å². The predicted octanol–water partition coefficient (Wildman–Crippen LogP) is -0.178. The standard InChI is InChI=1S/C10H17N3O/c1-8(6-11)12-7-9-3-4-13(2)10(14)5-9/h3-5,8,12H,6-7,11H2,1-2H3/t8-/m0/s1. The third-order valence-electron chi connectivity index (χ3n) is 2.18. The van der Waals surface area contributed by atoms with Crippen molar-refractivity contribution in [3.63, 3.8) is 0 Å². The lowest BCUT2D eigenvalue weighted by Gasteiger charge is -2.10. The zero-order chi connectivity index (χ0) is 10.6. The summed E-state index contributed by atoms with van der Waals surface area (Å²) in [6.07, 6.45) is 1.77. The number of rotatable bonds is 4. The summed E-state index contributed by atoms with van der Waals surface area (Å²) in [6, 6.07) is 3.84. The third kappa shape index (κ3) is 2.97. The Balaban J connectivity index is 2.60. The Kier molecular flexibility index (Phi) is 3.85. The summed E-state index contributed by atoms with van der Waals surface area (Å²) in [5, 5.41) is 3.22. The maximum atomic E-state index is 11.3. The number of hydrogen-bond acceptors (Lipinski definition) is 3. The molecule has 0 saturated carbocycles. The SMILES string of the molecule is C[C@@H](CN)NCc1ccn(C)c(=O)c1. The molecular formula is C10H17N3O. The molecule has 0 aliphatic rings. The Hall–Kier alpha value is -1.13. The molecule has 0 aromatic carbocycles. The van der Waals surface area contributed by atoms with Crippen molar-refractivity contribution in [3.8, 4) is 0 Å². The van der Waals surface area contributed by atoms with E-state index in [1.54, 1.807) is 23.9 Å². The van der Waals surface area contributed by atoms with E-state index in [-0.39, 0.29) is 11.6 Å². The summed E-state index contributed by atoms with van der Waals surface area (Å²) < 4.78 is 1.55. The molecule has 0 spiro atoms. The van der Waals surface area contributed by atoms with Gasteiger partial charge in [0.1, 0.15) is 0 Å². The highest BCUT2D eigenvalue weighted by atomic mass is 16.1. The summed E-state index contributed by atoms with van der Waals surface area (Å²) in [4.78, 5) is 11.3. The topological polar surface area (TPSA) is 60.0 Å². The van der Waals surface area contributed by atoms with Gasteiger partial charge in [-0.2, -0.15) is 0 Å². The Morgan fingerprint density at radius 1 is 1.64 bits per heavy atom. The fourth-order valence-electron chi connectivity index (χ4n) is 1.07. The zero-order valence-corrected chi connectivity index (χ0v) is 8.66. The van der Waals surface area contributed by atoms with Gasteiger partial charge in [0.05, 0.1) is 0 Å². The first-order valence-electron chi connectivity index (χ1n) is 4.72. The van der Waals surface area contributed by atoms with Crippen molar-refractivity contribution in [1.82, 2.24) is 9.88 Å². The van der Waals surface area contributed by atoms with Crippen molar-refractivity contribution in [2.24, 2.45) is 12.8 Å². The van der Waals surface area contributed by atoms with Crippen LogP contribution < -0.4 is 16.6 Å². The number of aromatic nitrogens is 1. The third-order valence-corrected chi connectivity index (χ3v) is 2.18. The number of hydrogen-bond donors (Lipinski definition) is 2. The Morgan fingerprint density at radius 2 is 2.36 bits per heavy atom. The number of nitrogens with zero attached hydrogens (tertiary/aromatic N) is 1. The summed E-state index contributed by atoms with van der Waals surface area (Å²) in [7, 11) is 1.74. The molecule has 0 bridgehead atoms. The van der Waals surface area contributed by atoms with Crippen LogP contribution in [0.15, 0.2) is 23.1 Å². The number of aryl methyl sites for hydroxylation is 1. The summed E-state index contributed by atoms with van der Waals surface area (Å²) >= 11 is 0. The van der Waals surface area contributed by atoms with Crippen molar-refractivity contribution in [2.45, 2.75) is 19.5 Å². The van der Waals surface area contributed by atoms with Crippen LogP contribution in [0.3, 0.4) is 0 Å². The summed E-state index contributed by atoms with van der Waals surface area (Å²) in [5.41, 5.74) is 6.47. The van der Waals surface area contributed by atoms with Gasteiger partial charge >= 0.3 is 0 Å². The first-order chi connectivity index (χ1) is 6.63. The Labute approximate surface area is 83.7 Å². The quantitative estimate of drug-likeness (QED) is 0.701. The lowest BCUT2D eigenvalue weighted by molar-refractivity contribution is 0.555. The fraction of sp³-hybridized carbons (Fsp3) is 0.500. The van der Waals surface area contributed by atoms with Crippen molar-refractivity contribution >= 4 is 0 Å². The van der Waals surface area contributed by atoms with Crippen LogP contribution in [0.1, 0.15) is 12.5 Å². The second kappa shape index (κ2) is 4.93. The van der Waals surface area contributed by atoms with E-state index in [9.17, 15) is 4.79 Å². The second-order valence-electron chi connectivity index (χ2n) is 3.50. The molecule has 0 unspecified atom stereocenters. The predicted molar refractivity (Wildman–Crippen MR) is 57.0 cm³/mol. The van der Waals surface area contributed by atoms with Crippen molar-refractivity contribution in [3.05, 3.63) is 34.2 Å². The van der Waals surface area contributed by atoms with E-state index in [0.29, 0.717) is 13.1 Å². The maximum Gasteiger partial charge on any atom is 0.250 e. The van der Waals surface area contributed by atoms with E-state index >= 15 is 0 Å². The monoisotopic (exact) mass is 195 g/mol. The van der Waals surface area contributed by atoms with E-state index in [2.05, 4.69) is 5.32 Å². The molecule has 0 fully saturated rings. The molecule has 1 rings (SSSR count). The minimum absolute atomic E-state index is 0.0182. The molecule has 4 heteroatoms. The molecule has 0 amide bonds. The molecule has 0 aliphatic carbocycles. The van der Waals surface area contributed by atoms with Gasteiger partial charge in [-0.1, -0.05) is 0 Å². The fourth-order valence-corrected chi connectivity index (χ4v) is 1.07. The van der Waals surface area contributed by atoms with Gasteiger partial charge in [0, 0.05) is 38.4 Å². The molecule has 0 radical (unpaired) electrons. The van der Waals surface area contributed by atoms with Crippen LogP contribution in [0.25, 0.3) is 0 Å². The maximum absolute atomic E-state index is 11.3. The van der Waals surface area contributed by atoms with Crippen molar-refractivity contribution in [2.75, 3.05) is 6.54 Å². The Bertz CT molecular complexity index is 345. The van der Waals surface area contributed by atoms with Crippen LogP contribution in [0.2, 0.25) is 0 Å². The molecule has 1 atom stereocenters. The number of nitrogens with two attached hydrogens (primary N) is 1.